The van der Waals surface area contributed by atoms with Crippen LogP contribution in [-0.2, 0) is 20.7 Å². The number of nitrogens with two attached hydrogens (primary N) is 1. The van der Waals surface area contributed by atoms with Crippen molar-refractivity contribution in [2.24, 2.45) is 17.8 Å². The highest BCUT2D eigenvalue weighted by Gasteiger charge is 2.44. The Bertz CT molecular complexity index is 2990. The van der Waals surface area contributed by atoms with Gasteiger partial charge in [-0.05, 0) is 137 Å². The smallest absolute Gasteiger partial charge is 0.243 e. The highest BCUT2D eigenvalue weighted by molar-refractivity contribution is 7.13. The van der Waals surface area contributed by atoms with Crippen molar-refractivity contribution >= 4 is 34.8 Å². The molecule has 2 amide bonds. The number of hydrogen-bond acceptors (Lipinski definition) is 16. The van der Waals surface area contributed by atoms with E-state index >= 15 is 0 Å². The van der Waals surface area contributed by atoms with E-state index < -0.39 is 18.1 Å². The molecule has 0 unspecified atom stereocenters. The number of aliphatic hydroxyl groups excluding tert-OH is 1. The molecule has 6 aromatic rings. The van der Waals surface area contributed by atoms with Gasteiger partial charge in [0.2, 0.25) is 11.8 Å². The average molecular weight is 1080 g/mol. The number of carbonyl (C=O) groups excluding carboxylic acids is 2. The lowest BCUT2D eigenvalue weighted by molar-refractivity contribution is -0.141. The van der Waals surface area contributed by atoms with E-state index in [1.54, 1.807) is 33.1 Å². The van der Waals surface area contributed by atoms with Gasteiger partial charge in [-0.15, -0.1) is 21.5 Å². The van der Waals surface area contributed by atoms with Gasteiger partial charge in [-0.1, -0.05) is 55.4 Å². The largest absolute Gasteiger partial charge is 0.507 e. The number of aromatic hydroxyl groups is 1. The molecule has 4 atom stereocenters. The molecule has 0 bridgehead atoms. The highest BCUT2D eigenvalue weighted by atomic mass is 32.1. The molecular weight excluding hydrogens is 1000 g/mol. The molecule has 414 valence electrons. The van der Waals surface area contributed by atoms with Gasteiger partial charge in [0.25, 0.3) is 0 Å². The number of aryl methyl sites for hydroxylation is 1. The highest BCUT2D eigenvalue weighted by Crippen LogP contribution is 2.37. The molecule has 18 nitrogen and oxygen atoms in total. The van der Waals surface area contributed by atoms with Gasteiger partial charge in [-0.25, -0.2) is 9.67 Å². The second kappa shape index (κ2) is 23.6. The number of piperidine rings is 3. The first kappa shape index (κ1) is 53.7. The number of β-amino-alcohol motifs (C(OH)–C–C–N with tert-alkyl or cyclic N) is 1. The lowest BCUT2D eigenvalue weighted by Crippen LogP contribution is -2.52. The van der Waals surface area contributed by atoms with Gasteiger partial charge in [0.15, 0.2) is 17.4 Å². The summed E-state index contributed by atoms with van der Waals surface area (Å²) in [6.07, 6.45) is 14.0. The quantitative estimate of drug-likeness (QED) is 0.0685. The van der Waals surface area contributed by atoms with Crippen molar-refractivity contribution in [3.8, 4) is 33.1 Å². The maximum atomic E-state index is 14.4. The minimum atomic E-state index is -0.796. The molecule has 11 rings (SSSR count). The van der Waals surface area contributed by atoms with Gasteiger partial charge in [-0.2, -0.15) is 5.10 Å². The standard InChI is InChI=1S/C59H76N12O6S/c1-36(2)55(59(75)70-34-45(72)28-51(70)58(74)63-37(3)42-9-11-43(12-10-42)56-38(4)61-35-78-56)53-30-54(66-77-53)69-23-15-40(16-24-69)32-67-19-17-46(18-20-67)76-47-26-44(27-47)68-21-13-39(14-22-68)25-41-31-62-71(33-41)50-29-49(64-65-57(50)60)48-7-5-6-8-52(48)73/h5-12,29-31,33,35-37,39-40,44-47,51,55,72-73H,13-28,32,34H2,1-4H3,(H2,60,65)(H,63,74)/t37-,44?,45+,47?,51-,55+/m0/s1. The van der Waals surface area contributed by atoms with E-state index in [0.717, 1.165) is 118 Å². The summed E-state index contributed by atoms with van der Waals surface area (Å²) in [6, 6.07) is 18.5. The molecule has 5 fully saturated rings. The van der Waals surface area contributed by atoms with Crippen molar-refractivity contribution in [2.75, 3.05) is 63.0 Å². The molecule has 1 aliphatic carbocycles. The van der Waals surface area contributed by atoms with Crippen LogP contribution in [0.25, 0.3) is 27.4 Å². The molecule has 19 heteroatoms. The Morgan fingerprint density at radius 2 is 1.64 bits per heavy atom. The predicted molar refractivity (Wildman–Crippen MR) is 300 cm³/mol. The fraction of sp³-hybridized carbons (Fsp3) is 0.542. The molecule has 4 saturated heterocycles. The number of phenolic OH excluding ortho intramolecular Hbond substituents is 1. The van der Waals surface area contributed by atoms with E-state index in [9.17, 15) is 19.8 Å². The van der Waals surface area contributed by atoms with Crippen molar-refractivity contribution in [3.63, 3.8) is 0 Å². The van der Waals surface area contributed by atoms with Crippen molar-refractivity contribution in [3.05, 3.63) is 101 Å². The molecule has 0 radical (unpaired) electrons. The number of nitrogen functional groups attached to an aromatic ring is 1. The molecule has 0 spiro atoms. The Hall–Kier alpha value is -6.25. The topological polar surface area (TPSA) is 217 Å². The number of rotatable bonds is 17. The second-order valence-electron chi connectivity index (χ2n) is 23.1. The molecule has 4 aliphatic heterocycles. The number of carbonyl (C=O) groups is 2. The lowest BCUT2D eigenvalue weighted by Gasteiger charge is -2.47. The number of hydrogen-bond donors (Lipinski definition) is 4. The number of likely N-dealkylation sites (tertiary alicyclic amines) is 3. The third-order valence-corrected chi connectivity index (χ3v) is 18.4. The molecule has 1 saturated carbocycles. The van der Waals surface area contributed by atoms with Crippen LogP contribution < -0.4 is 16.0 Å². The van der Waals surface area contributed by atoms with Gasteiger partial charge in [-0.3, -0.25) is 9.59 Å². The zero-order chi connectivity index (χ0) is 54.0. The fourth-order valence-corrected chi connectivity index (χ4v) is 13.5. The van der Waals surface area contributed by atoms with Gasteiger partial charge in [0, 0.05) is 69.6 Å². The Labute approximate surface area is 461 Å². The van der Waals surface area contributed by atoms with E-state index in [2.05, 4.69) is 45.5 Å². The number of ether oxygens (including phenoxy) is 1. The van der Waals surface area contributed by atoms with E-state index in [0.29, 0.717) is 58.6 Å². The van der Waals surface area contributed by atoms with Crippen molar-refractivity contribution < 1.29 is 29.1 Å². The molecule has 4 aromatic heterocycles. The van der Waals surface area contributed by atoms with Crippen LogP contribution in [0.2, 0.25) is 0 Å². The Morgan fingerprint density at radius 3 is 2.36 bits per heavy atom. The molecule has 2 aromatic carbocycles. The number of benzene rings is 2. The minimum Gasteiger partial charge on any atom is -0.507 e. The Balaban J connectivity index is 0.581. The van der Waals surface area contributed by atoms with Gasteiger partial charge in [0.05, 0.1) is 52.3 Å². The first-order valence-corrected chi connectivity index (χ1v) is 29.3. The molecular formula is C59H76N12O6S. The summed E-state index contributed by atoms with van der Waals surface area (Å²) in [5, 5.41) is 41.7. The minimum absolute atomic E-state index is 0.0910. The van der Waals surface area contributed by atoms with Crippen LogP contribution in [0, 0.1) is 24.7 Å². The number of thiazole rings is 1. The number of para-hydroxylation sites is 1. The number of amides is 2. The van der Waals surface area contributed by atoms with Gasteiger partial charge in [0.1, 0.15) is 23.4 Å². The Morgan fingerprint density at radius 1 is 0.897 bits per heavy atom. The van der Waals surface area contributed by atoms with Crippen molar-refractivity contribution in [2.45, 2.75) is 134 Å². The van der Waals surface area contributed by atoms with E-state index in [-0.39, 0.29) is 42.5 Å². The zero-order valence-corrected chi connectivity index (χ0v) is 46.3. The molecule has 8 heterocycles. The van der Waals surface area contributed by atoms with Crippen LogP contribution in [0.1, 0.15) is 113 Å². The number of nitrogens with zero attached hydrogens (tertiary/aromatic N) is 10. The van der Waals surface area contributed by atoms with Crippen LogP contribution >= 0.6 is 11.3 Å². The summed E-state index contributed by atoms with van der Waals surface area (Å²) >= 11 is 1.60. The number of aromatic nitrogens is 6. The summed E-state index contributed by atoms with van der Waals surface area (Å²) in [7, 11) is 0. The van der Waals surface area contributed by atoms with Crippen LogP contribution in [-0.4, -0.2) is 150 Å². The number of nitrogens with one attached hydrogen (secondary N) is 1. The van der Waals surface area contributed by atoms with Crippen LogP contribution in [0.15, 0.2) is 83.1 Å². The van der Waals surface area contributed by atoms with Crippen LogP contribution in [0.5, 0.6) is 5.75 Å². The van der Waals surface area contributed by atoms with Crippen LogP contribution in [0.3, 0.4) is 0 Å². The predicted octanol–water partition coefficient (Wildman–Crippen LogP) is 7.80. The summed E-state index contributed by atoms with van der Waals surface area (Å²) in [5.74, 6) is 1.62. The lowest BCUT2D eigenvalue weighted by atomic mass is 9.84. The van der Waals surface area contributed by atoms with Crippen molar-refractivity contribution in [1.29, 1.82) is 0 Å². The van der Waals surface area contributed by atoms with Gasteiger partial charge >= 0.3 is 0 Å². The normalized spacial score (nSPS) is 22.9. The molecule has 78 heavy (non-hydrogen) atoms. The zero-order valence-electron chi connectivity index (χ0n) is 45.5. The SMILES string of the molecule is Cc1ncsc1-c1ccc([C@H](C)NC(=O)[C@@H]2C[C@@H](O)CN2C(=O)[C@@H](c2cc(N3CCC(CN4CCC(OC5CC(N6CCC(Cc7cnn(-c8cc(-c9ccccc9O)nnc8N)c7)CC6)C5)CC4)CC3)no2)C(C)C)cc1. The van der Waals surface area contributed by atoms with Crippen LogP contribution in [0.4, 0.5) is 11.6 Å². The monoisotopic (exact) mass is 1080 g/mol. The van der Waals surface area contributed by atoms with E-state index in [1.165, 1.54) is 18.4 Å². The summed E-state index contributed by atoms with van der Waals surface area (Å²) < 4.78 is 14.4. The average Bonchev–Trinajstić information content (AvgIpc) is 4.31. The summed E-state index contributed by atoms with van der Waals surface area (Å²) in [6.45, 7) is 15.3. The first-order chi connectivity index (χ1) is 37.8. The number of anilines is 2. The molecule has 5 aliphatic rings. The summed E-state index contributed by atoms with van der Waals surface area (Å²) in [5.41, 5.74) is 14.1. The maximum Gasteiger partial charge on any atom is 0.243 e. The van der Waals surface area contributed by atoms with Gasteiger partial charge < -0.3 is 50.1 Å². The second-order valence-corrected chi connectivity index (χ2v) is 24.0. The molecule has 5 N–H and O–H groups in total. The van der Waals surface area contributed by atoms with E-state index in [4.69, 9.17) is 15.0 Å². The summed E-state index contributed by atoms with van der Waals surface area (Å²) in [4.78, 5) is 42.8. The third-order valence-electron chi connectivity index (χ3n) is 17.4. The Kier molecular flexibility index (Phi) is 16.3. The maximum absolute atomic E-state index is 14.4. The van der Waals surface area contributed by atoms with Crippen molar-refractivity contribution in [1.82, 2.24) is 50.1 Å². The fourth-order valence-electron chi connectivity index (χ4n) is 12.7. The van der Waals surface area contributed by atoms with E-state index in [1.807, 2.05) is 94.1 Å². The number of phenols is 1. The first-order valence-electron chi connectivity index (χ1n) is 28.4. The third kappa shape index (κ3) is 12.0. The number of aliphatic hydroxyl groups is 1.